The second-order valence-electron chi connectivity index (χ2n) is 5.69. The summed E-state index contributed by atoms with van der Waals surface area (Å²) < 4.78 is 5.66. The lowest BCUT2D eigenvalue weighted by Crippen LogP contribution is -2.44. The first kappa shape index (κ1) is 12.9. The Kier molecular flexibility index (Phi) is 4.84. The Bertz CT molecular complexity index is 247. The van der Waals surface area contributed by atoms with E-state index >= 15 is 0 Å². The van der Waals surface area contributed by atoms with Crippen molar-refractivity contribution in [1.82, 2.24) is 5.32 Å². The average Bonchev–Trinajstić information content (AvgIpc) is 2.57. The SMILES string of the molecule is CC1CCNC(C(=O)OC2CCCCCC2)C1. The van der Waals surface area contributed by atoms with Gasteiger partial charge in [0.1, 0.15) is 12.1 Å². The van der Waals surface area contributed by atoms with Gasteiger partial charge in [0, 0.05) is 0 Å². The Morgan fingerprint density at radius 1 is 1.12 bits per heavy atom. The van der Waals surface area contributed by atoms with E-state index in [9.17, 15) is 4.79 Å². The molecule has 3 nitrogen and oxygen atoms in total. The lowest BCUT2D eigenvalue weighted by molar-refractivity contribution is -0.153. The summed E-state index contributed by atoms with van der Waals surface area (Å²) in [7, 11) is 0. The number of carbonyl (C=O) groups excluding carboxylic acids is 1. The first-order valence-corrected chi connectivity index (χ1v) is 7.19. The molecule has 1 N–H and O–H groups in total. The van der Waals surface area contributed by atoms with Crippen molar-refractivity contribution in [2.45, 2.75) is 70.4 Å². The molecule has 2 rings (SSSR count). The minimum Gasteiger partial charge on any atom is -0.461 e. The van der Waals surface area contributed by atoms with Crippen LogP contribution in [0.4, 0.5) is 0 Å². The Labute approximate surface area is 104 Å². The number of ether oxygens (including phenoxy) is 1. The molecule has 3 heteroatoms. The number of hydrogen-bond donors (Lipinski definition) is 1. The third-order valence-electron chi connectivity index (χ3n) is 4.04. The molecule has 2 unspecified atom stereocenters. The van der Waals surface area contributed by atoms with Crippen LogP contribution in [0, 0.1) is 5.92 Å². The van der Waals surface area contributed by atoms with E-state index in [1.54, 1.807) is 0 Å². The lowest BCUT2D eigenvalue weighted by atomic mass is 9.94. The smallest absolute Gasteiger partial charge is 0.323 e. The van der Waals surface area contributed by atoms with Gasteiger partial charge in [0.05, 0.1) is 0 Å². The molecule has 0 aromatic heterocycles. The first-order chi connectivity index (χ1) is 8.25. The highest BCUT2D eigenvalue weighted by atomic mass is 16.5. The Balaban J connectivity index is 1.78. The average molecular weight is 239 g/mol. The van der Waals surface area contributed by atoms with Gasteiger partial charge in [0.15, 0.2) is 0 Å². The number of nitrogens with one attached hydrogen (secondary N) is 1. The van der Waals surface area contributed by atoms with Crippen LogP contribution in [-0.2, 0) is 9.53 Å². The monoisotopic (exact) mass is 239 g/mol. The molecule has 17 heavy (non-hydrogen) atoms. The number of hydrogen-bond acceptors (Lipinski definition) is 3. The summed E-state index contributed by atoms with van der Waals surface area (Å²) in [6.45, 7) is 3.17. The van der Waals surface area contributed by atoms with Crippen LogP contribution in [0.1, 0.15) is 58.3 Å². The van der Waals surface area contributed by atoms with E-state index in [0.29, 0.717) is 5.92 Å². The van der Waals surface area contributed by atoms with Gasteiger partial charge in [-0.25, -0.2) is 0 Å². The second-order valence-corrected chi connectivity index (χ2v) is 5.69. The summed E-state index contributed by atoms with van der Waals surface area (Å²) >= 11 is 0. The van der Waals surface area contributed by atoms with Crippen LogP contribution in [0.3, 0.4) is 0 Å². The summed E-state index contributed by atoms with van der Waals surface area (Å²) in [5.74, 6) is 0.631. The van der Waals surface area contributed by atoms with E-state index in [4.69, 9.17) is 4.74 Å². The summed E-state index contributed by atoms with van der Waals surface area (Å²) in [5.41, 5.74) is 0. The lowest BCUT2D eigenvalue weighted by Gasteiger charge is -2.28. The van der Waals surface area contributed by atoms with Gasteiger partial charge >= 0.3 is 5.97 Å². The molecular formula is C14H25NO2. The fraction of sp³-hybridized carbons (Fsp3) is 0.929. The normalized spacial score (nSPS) is 31.8. The van der Waals surface area contributed by atoms with Crippen molar-refractivity contribution in [2.75, 3.05) is 6.54 Å². The standard InChI is InChI=1S/C14H25NO2/c1-11-8-9-15-13(10-11)14(16)17-12-6-4-2-3-5-7-12/h11-13,15H,2-10H2,1H3. The summed E-state index contributed by atoms with van der Waals surface area (Å²) in [4.78, 5) is 12.0. The van der Waals surface area contributed by atoms with Gasteiger partial charge in [0.25, 0.3) is 0 Å². The van der Waals surface area contributed by atoms with Crippen molar-refractivity contribution >= 4 is 5.97 Å². The molecule has 2 aliphatic rings. The van der Waals surface area contributed by atoms with E-state index in [1.807, 2.05) is 0 Å². The van der Waals surface area contributed by atoms with Crippen molar-refractivity contribution in [2.24, 2.45) is 5.92 Å². The van der Waals surface area contributed by atoms with Crippen molar-refractivity contribution < 1.29 is 9.53 Å². The van der Waals surface area contributed by atoms with Crippen LogP contribution in [0.5, 0.6) is 0 Å². The molecule has 0 amide bonds. The van der Waals surface area contributed by atoms with Gasteiger partial charge < -0.3 is 10.1 Å². The maximum atomic E-state index is 12.0. The molecule has 1 saturated heterocycles. The van der Waals surface area contributed by atoms with E-state index < -0.39 is 0 Å². The molecule has 0 aromatic carbocycles. The zero-order chi connectivity index (χ0) is 12.1. The number of piperidine rings is 1. The number of rotatable bonds is 2. The highest BCUT2D eigenvalue weighted by Gasteiger charge is 2.27. The van der Waals surface area contributed by atoms with Crippen molar-refractivity contribution in [3.63, 3.8) is 0 Å². The van der Waals surface area contributed by atoms with E-state index in [-0.39, 0.29) is 18.1 Å². The molecule has 0 aromatic rings. The van der Waals surface area contributed by atoms with Crippen molar-refractivity contribution in [3.05, 3.63) is 0 Å². The molecule has 1 aliphatic carbocycles. The molecule has 2 fully saturated rings. The van der Waals surface area contributed by atoms with Gasteiger partial charge in [-0.05, 0) is 51.0 Å². The fourth-order valence-electron chi connectivity index (χ4n) is 2.89. The summed E-state index contributed by atoms with van der Waals surface area (Å²) in [6.07, 6.45) is 9.45. The Morgan fingerprint density at radius 3 is 2.47 bits per heavy atom. The minimum absolute atomic E-state index is 0.0107. The van der Waals surface area contributed by atoms with Gasteiger partial charge in [0.2, 0.25) is 0 Å². The van der Waals surface area contributed by atoms with E-state index in [2.05, 4.69) is 12.2 Å². The van der Waals surface area contributed by atoms with Crippen molar-refractivity contribution in [1.29, 1.82) is 0 Å². The van der Waals surface area contributed by atoms with Gasteiger partial charge in [-0.3, -0.25) is 4.79 Å². The first-order valence-electron chi connectivity index (χ1n) is 7.19. The maximum Gasteiger partial charge on any atom is 0.323 e. The van der Waals surface area contributed by atoms with Crippen LogP contribution < -0.4 is 5.32 Å². The van der Waals surface area contributed by atoms with Crippen LogP contribution in [-0.4, -0.2) is 24.7 Å². The number of carbonyl (C=O) groups is 1. The molecule has 1 saturated carbocycles. The maximum absolute atomic E-state index is 12.0. The zero-order valence-corrected chi connectivity index (χ0v) is 10.9. The number of esters is 1. The Hall–Kier alpha value is -0.570. The fourth-order valence-corrected chi connectivity index (χ4v) is 2.89. The van der Waals surface area contributed by atoms with Gasteiger partial charge in [-0.15, -0.1) is 0 Å². The molecule has 98 valence electrons. The summed E-state index contributed by atoms with van der Waals surface area (Å²) in [6, 6.07) is -0.0537. The van der Waals surface area contributed by atoms with Crippen molar-refractivity contribution in [3.8, 4) is 0 Å². The molecule has 1 aliphatic heterocycles. The molecule has 0 spiro atoms. The third kappa shape index (κ3) is 3.98. The predicted molar refractivity (Wildman–Crippen MR) is 67.8 cm³/mol. The molecular weight excluding hydrogens is 214 g/mol. The molecule has 1 heterocycles. The van der Waals surface area contributed by atoms with E-state index in [0.717, 1.165) is 25.8 Å². The second kappa shape index (κ2) is 6.39. The molecule has 0 bridgehead atoms. The molecule has 2 atom stereocenters. The van der Waals surface area contributed by atoms with Crippen LogP contribution >= 0.6 is 0 Å². The van der Waals surface area contributed by atoms with Crippen LogP contribution in [0.25, 0.3) is 0 Å². The molecule has 0 radical (unpaired) electrons. The Morgan fingerprint density at radius 2 is 1.82 bits per heavy atom. The van der Waals surface area contributed by atoms with Gasteiger partial charge in [-0.2, -0.15) is 0 Å². The third-order valence-corrected chi connectivity index (χ3v) is 4.04. The van der Waals surface area contributed by atoms with Gasteiger partial charge in [-0.1, -0.05) is 19.8 Å². The van der Waals surface area contributed by atoms with Crippen LogP contribution in [0.2, 0.25) is 0 Å². The summed E-state index contributed by atoms with van der Waals surface area (Å²) in [5, 5.41) is 3.28. The topological polar surface area (TPSA) is 38.3 Å². The van der Waals surface area contributed by atoms with Crippen LogP contribution in [0.15, 0.2) is 0 Å². The highest BCUT2D eigenvalue weighted by molar-refractivity contribution is 5.76. The predicted octanol–water partition coefficient (Wildman–Crippen LogP) is 2.64. The zero-order valence-electron chi connectivity index (χ0n) is 10.9. The van der Waals surface area contributed by atoms with E-state index in [1.165, 1.54) is 32.1 Å². The quantitative estimate of drug-likeness (QED) is 0.594. The minimum atomic E-state index is -0.0537. The largest absolute Gasteiger partial charge is 0.461 e. The highest BCUT2D eigenvalue weighted by Crippen LogP contribution is 2.22.